The van der Waals surface area contributed by atoms with Gasteiger partial charge in [0, 0.05) is 0 Å². The number of carbonyl (C=O) groups excluding carboxylic acids is 1. The van der Waals surface area contributed by atoms with E-state index in [-0.39, 0.29) is 18.9 Å². The first-order valence-corrected chi connectivity index (χ1v) is 3.02. The Balaban J connectivity index is 0. The van der Waals surface area contributed by atoms with E-state index in [1.54, 1.807) is 0 Å². The molecule has 5 N–H and O–H groups in total. The second-order valence-electron chi connectivity index (χ2n) is 1.99. The monoisotopic (exact) mass is 202 g/mol. The van der Waals surface area contributed by atoms with Gasteiger partial charge in [0.2, 0.25) is 0 Å². The summed E-state index contributed by atoms with van der Waals surface area (Å²) in [6.45, 7) is 0. The summed E-state index contributed by atoms with van der Waals surface area (Å²) in [5, 5.41) is 41.5. The van der Waals surface area contributed by atoms with Gasteiger partial charge in [0.25, 0.3) is 0 Å². The minimum atomic E-state index is -2.47. The topological polar surface area (TPSA) is 145 Å². The van der Waals surface area contributed by atoms with Crippen molar-refractivity contribution in [1.29, 1.82) is 0 Å². The van der Waals surface area contributed by atoms with Crippen LogP contribution in [0.2, 0.25) is 0 Å². The molecule has 0 bridgehead atoms. The molecule has 14 heavy (non-hydrogen) atoms. The molecule has 0 aromatic rings. The first-order valence-electron chi connectivity index (χ1n) is 3.02. The Morgan fingerprint density at radius 2 is 1.57 bits per heavy atom. The summed E-state index contributed by atoms with van der Waals surface area (Å²) in [7, 11) is -2.47. The molecule has 0 saturated carbocycles. The fourth-order valence-corrected chi connectivity index (χ4v) is 0.438. The van der Waals surface area contributed by atoms with Gasteiger partial charge in [-0.2, -0.15) is 0 Å². The van der Waals surface area contributed by atoms with Crippen molar-refractivity contribution in [3.63, 3.8) is 0 Å². The number of hydrogen-bond donors (Lipinski definition) is 5. The van der Waals surface area contributed by atoms with Gasteiger partial charge in [0.1, 0.15) is 0 Å². The molecule has 2 unspecified atom stereocenters. The number of aliphatic hydroxyl groups excluding tert-OH is 2. The van der Waals surface area contributed by atoms with Gasteiger partial charge in [-0.3, -0.25) is 4.79 Å². The van der Waals surface area contributed by atoms with E-state index in [0.717, 1.165) is 0 Å². The molecule has 0 fully saturated rings. The van der Waals surface area contributed by atoms with Crippen molar-refractivity contribution in [1.82, 2.24) is 0 Å². The predicted octanol–water partition coefficient (Wildman–Crippen LogP) is -4.34. The molecule has 10 heteroatoms. The second kappa shape index (κ2) is 6.83. The number of hydrogen-bond acceptors (Lipinski definition) is 7. The molecule has 0 aromatic carbocycles. The molecule has 0 spiro atoms. The van der Waals surface area contributed by atoms with Gasteiger partial charge in [0.05, 0.1) is 0 Å². The third kappa shape index (κ3) is 5.23. The van der Waals surface area contributed by atoms with E-state index >= 15 is 0 Å². The third-order valence-electron chi connectivity index (χ3n) is 1.02. The molecule has 0 amide bonds. The fourth-order valence-electron chi connectivity index (χ4n) is 0.438. The third-order valence-corrected chi connectivity index (χ3v) is 1.02. The Labute approximate surface area is 90.5 Å². The van der Waals surface area contributed by atoms with E-state index in [0.29, 0.717) is 0 Å². The van der Waals surface area contributed by atoms with Gasteiger partial charge in [-0.05, 0) is 0 Å². The zero-order valence-corrected chi connectivity index (χ0v) is 6.19. The van der Waals surface area contributed by atoms with Crippen molar-refractivity contribution in [2.24, 2.45) is 0 Å². The van der Waals surface area contributed by atoms with Crippen LogP contribution in [0.1, 0.15) is 0 Å². The van der Waals surface area contributed by atoms with Crippen LogP contribution < -0.4 is 0 Å². The maximum absolute atomic E-state index is 10.5. The Kier molecular flexibility index (Phi) is 7.76. The van der Waals surface area contributed by atoms with Crippen molar-refractivity contribution in [2.75, 3.05) is 0 Å². The van der Waals surface area contributed by atoms with Gasteiger partial charge in [-0.1, -0.05) is 0 Å². The number of carboxylic acid groups (broad SMARTS) is 1. The molecule has 0 aliphatic heterocycles. The van der Waals surface area contributed by atoms with Crippen molar-refractivity contribution in [3.8, 4) is 0 Å². The Bertz CT molecular complexity index is 208. The molecule has 0 saturated heterocycles. The van der Waals surface area contributed by atoms with E-state index in [4.69, 9.17) is 25.4 Å². The standard InChI is InChI=1S/C4H7BO8.Li.H/c6-1(3(8)9)2(7)4(10)13-5(11)12;;/h1-2,6-7,11-12H,(H,8,9);;. The number of aliphatic carboxylic acids is 1. The van der Waals surface area contributed by atoms with Crippen LogP contribution in [0.15, 0.2) is 0 Å². The van der Waals surface area contributed by atoms with Crippen molar-refractivity contribution >= 4 is 38.1 Å². The van der Waals surface area contributed by atoms with E-state index in [1.807, 2.05) is 0 Å². The van der Waals surface area contributed by atoms with Crippen LogP contribution in [0.3, 0.4) is 0 Å². The van der Waals surface area contributed by atoms with Gasteiger partial charge in [0.15, 0.2) is 12.2 Å². The van der Waals surface area contributed by atoms with Gasteiger partial charge < -0.3 is 30.0 Å². The van der Waals surface area contributed by atoms with Crippen LogP contribution in [0.25, 0.3) is 0 Å². The number of rotatable bonds is 4. The molecule has 0 aliphatic rings. The summed E-state index contributed by atoms with van der Waals surface area (Å²) in [6.07, 6.45) is -4.73. The van der Waals surface area contributed by atoms with Crippen LogP contribution in [0, 0.1) is 0 Å². The summed E-state index contributed by atoms with van der Waals surface area (Å²) in [5.74, 6) is -3.48. The Morgan fingerprint density at radius 3 is 1.86 bits per heavy atom. The average molecular weight is 202 g/mol. The average Bonchev–Trinajstić information content (AvgIpc) is 2.00. The maximum atomic E-state index is 10.5. The molecule has 0 rings (SSSR count). The predicted molar refractivity (Wildman–Crippen MR) is 43.1 cm³/mol. The second-order valence-corrected chi connectivity index (χ2v) is 1.99. The SMILES string of the molecule is O=C(O)C(O)C(O)C(=O)OB(O)O.[LiH]. The van der Waals surface area contributed by atoms with Crippen LogP contribution in [0.5, 0.6) is 0 Å². The summed E-state index contributed by atoms with van der Waals surface area (Å²) >= 11 is 0. The fraction of sp³-hybridized carbons (Fsp3) is 0.500. The van der Waals surface area contributed by atoms with E-state index in [2.05, 4.69) is 4.65 Å². The molecule has 8 nitrogen and oxygen atoms in total. The van der Waals surface area contributed by atoms with E-state index < -0.39 is 31.5 Å². The molecule has 0 aromatic heterocycles. The number of aliphatic hydroxyl groups is 2. The number of carboxylic acids is 1. The summed E-state index contributed by atoms with van der Waals surface area (Å²) in [5.41, 5.74) is 0. The van der Waals surface area contributed by atoms with Crippen LogP contribution in [-0.4, -0.2) is 75.7 Å². The summed E-state index contributed by atoms with van der Waals surface area (Å²) < 4.78 is 3.58. The van der Waals surface area contributed by atoms with E-state index in [9.17, 15) is 9.59 Å². The molecule has 2 atom stereocenters. The first kappa shape index (κ1) is 15.9. The van der Waals surface area contributed by atoms with Crippen LogP contribution in [-0.2, 0) is 14.2 Å². The zero-order valence-electron chi connectivity index (χ0n) is 6.19. The quantitative estimate of drug-likeness (QED) is 0.287. The number of carbonyl (C=O) groups is 2. The molecule has 0 radical (unpaired) electrons. The van der Waals surface area contributed by atoms with Crippen molar-refractivity contribution in [3.05, 3.63) is 0 Å². The van der Waals surface area contributed by atoms with E-state index in [1.165, 1.54) is 0 Å². The van der Waals surface area contributed by atoms with Gasteiger partial charge in [-0.25, -0.2) is 4.79 Å². The Hall–Kier alpha value is -0.558. The molecule has 76 valence electrons. The normalized spacial score (nSPS) is 13.4. The molecular weight excluding hydrogens is 194 g/mol. The van der Waals surface area contributed by atoms with Crippen LogP contribution in [0.4, 0.5) is 0 Å². The Morgan fingerprint density at radius 1 is 1.14 bits per heavy atom. The van der Waals surface area contributed by atoms with Crippen LogP contribution >= 0.6 is 0 Å². The van der Waals surface area contributed by atoms with Gasteiger partial charge in [-0.15, -0.1) is 0 Å². The molecular formula is C4H8BLiO8. The summed E-state index contributed by atoms with van der Waals surface area (Å²) in [6, 6.07) is 0. The minimum absolute atomic E-state index is 0. The van der Waals surface area contributed by atoms with Crippen molar-refractivity contribution < 1.29 is 39.6 Å². The summed E-state index contributed by atoms with van der Waals surface area (Å²) in [4.78, 5) is 20.5. The first-order chi connectivity index (χ1) is 5.86. The molecule has 0 heterocycles. The van der Waals surface area contributed by atoms with Crippen molar-refractivity contribution in [2.45, 2.75) is 12.2 Å². The van der Waals surface area contributed by atoms with Gasteiger partial charge >= 0.3 is 38.1 Å². The zero-order chi connectivity index (χ0) is 10.6. The molecule has 0 aliphatic carbocycles.